The lowest BCUT2D eigenvalue weighted by molar-refractivity contribution is -0.132. The number of carbonyl (C=O) groups excluding carboxylic acids is 1. The molecule has 1 aliphatic heterocycles. The third-order valence-electron chi connectivity index (χ3n) is 5.42. The predicted octanol–water partition coefficient (Wildman–Crippen LogP) is 4.32. The number of hydrogen-bond acceptors (Lipinski definition) is 6. The average Bonchev–Trinajstić information content (AvgIpc) is 3.62. The van der Waals surface area contributed by atoms with E-state index in [2.05, 4.69) is 15.4 Å². The van der Waals surface area contributed by atoms with Crippen molar-refractivity contribution >= 4 is 11.6 Å². The quantitative estimate of drug-likeness (QED) is 0.476. The molecule has 0 saturated heterocycles. The molecule has 1 amide bonds. The van der Waals surface area contributed by atoms with Crippen molar-refractivity contribution < 1.29 is 13.6 Å². The molecule has 32 heavy (non-hydrogen) atoms. The first-order chi connectivity index (χ1) is 15.8. The highest BCUT2D eigenvalue weighted by Crippen LogP contribution is 2.33. The summed E-state index contributed by atoms with van der Waals surface area (Å²) in [4.78, 5) is 17.8. The Morgan fingerprint density at radius 3 is 2.53 bits per heavy atom. The lowest BCUT2D eigenvalue weighted by Gasteiger charge is -2.23. The van der Waals surface area contributed by atoms with Crippen molar-refractivity contribution in [3.8, 4) is 0 Å². The summed E-state index contributed by atoms with van der Waals surface area (Å²) >= 11 is 0. The van der Waals surface area contributed by atoms with Gasteiger partial charge in [-0.25, -0.2) is 5.01 Å². The summed E-state index contributed by atoms with van der Waals surface area (Å²) in [5.41, 5.74) is 2.59. The maximum absolute atomic E-state index is 13.3. The normalized spacial score (nSPS) is 16.7. The van der Waals surface area contributed by atoms with E-state index in [9.17, 15) is 4.79 Å². The zero-order chi connectivity index (χ0) is 21.8. The smallest absolute Gasteiger partial charge is 0.257 e. The Bertz CT molecular complexity index is 1130. The molecule has 1 aliphatic rings. The summed E-state index contributed by atoms with van der Waals surface area (Å²) in [6.45, 7) is 0.0856. The van der Waals surface area contributed by atoms with E-state index in [-0.39, 0.29) is 24.5 Å². The van der Waals surface area contributed by atoms with Gasteiger partial charge in [0.05, 0.1) is 30.8 Å². The number of aromatic nitrogens is 1. The van der Waals surface area contributed by atoms with Crippen LogP contribution in [0.1, 0.15) is 41.3 Å². The number of nitrogens with zero attached hydrogens (tertiary/aromatic N) is 3. The van der Waals surface area contributed by atoms with Crippen molar-refractivity contribution in [2.75, 3.05) is 6.54 Å². The van der Waals surface area contributed by atoms with Crippen LogP contribution in [0.5, 0.6) is 0 Å². The monoisotopic (exact) mass is 426 g/mol. The molecule has 0 aliphatic carbocycles. The summed E-state index contributed by atoms with van der Waals surface area (Å²) in [7, 11) is 0. The Morgan fingerprint density at radius 2 is 1.81 bits per heavy atom. The Hall–Kier alpha value is -3.97. The standard InChI is InChI=1S/C25H22N4O3/c30-24(17-27-25(18-8-2-1-3-9-18)19-10-4-5-13-26-19)29-21(23-12-7-15-32-23)16-20(28-29)22-11-6-14-31-22/h1-15,21,25,27H,16-17H2. The van der Waals surface area contributed by atoms with Crippen molar-refractivity contribution in [2.24, 2.45) is 5.10 Å². The SMILES string of the molecule is O=C(CNC(c1ccccc1)c1ccccn1)N1N=C(c2ccco2)CC1c1ccco1. The fraction of sp³-hybridized carbons (Fsp3) is 0.160. The fourth-order valence-corrected chi connectivity index (χ4v) is 3.89. The number of rotatable bonds is 7. The molecule has 4 aromatic rings. The molecule has 7 heteroatoms. The summed E-state index contributed by atoms with van der Waals surface area (Å²) < 4.78 is 11.1. The molecule has 2 unspecified atom stereocenters. The number of carbonyl (C=O) groups is 1. The number of hydrazone groups is 1. The number of furan rings is 2. The van der Waals surface area contributed by atoms with Crippen LogP contribution in [0.4, 0.5) is 0 Å². The zero-order valence-electron chi connectivity index (χ0n) is 17.3. The van der Waals surface area contributed by atoms with Gasteiger partial charge in [-0.3, -0.25) is 15.1 Å². The molecule has 5 rings (SSSR count). The minimum Gasteiger partial charge on any atom is -0.467 e. The van der Waals surface area contributed by atoms with Crippen LogP contribution < -0.4 is 5.32 Å². The molecule has 2 atom stereocenters. The highest BCUT2D eigenvalue weighted by Gasteiger charge is 2.35. The molecule has 1 aromatic carbocycles. The van der Waals surface area contributed by atoms with E-state index in [0.717, 1.165) is 11.3 Å². The lowest BCUT2D eigenvalue weighted by atomic mass is 10.0. The predicted molar refractivity (Wildman–Crippen MR) is 119 cm³/mol. The molecule has 1 N–H and O–H groups in total. The van der Waals surface area contributed by atoms with Crippen LogP contribution in [-0.4, -0.2) is 28.2 Å². The first-order valence-corrected chi connectivity index (χ1v) is 10.5. The van der Waals surface area contributed by atoms with Crippen molar-refractivity contribution in [1.29, 1.82) is 0 Å². The van der Waals surface area contributed by atoms with Gasteiger partial charge in [0.15, 0.2) is 0 Å². The van der Waals surface area contributed by atoms with Gasteiger partial charge in [-0.1, -0.05) is 36.4 Å². The van der Waals surface area contributed by atoms with Gasteiger partial charge in [-0.2, -0.15) is 5.10 Å². The fourth-order valence-electron chi connectivity index (χ4n) is 3.89. The van der Waals surface area contributed by atoms with Gasteiger partial charge in [0, 0.05) is 12.6 Å². The van der Waals surface area contributed by atoms with E-state index in [4.69, 9.17) is 8.83 Å². The third kappa shape index (κ3) is 4.10. The van der Waals surface area contributed by atoms with Gasteiger partial charge in [-0.05, 0) is 42.0 Å². The minimum atomic E-state index is -0.315. The van der Waals surface area contributed by atoms with Crippen molar-refractivity contribution in [3.05, 3.63) is 114 Å². The van der Waals surface area contributed by atoms with Crippen LogP contribution in [0.15, 0.2) is 105 Å². The zero-order valence-corrected chi connectivity index (χ0v) is 17.3. The summed E-state index contributed by atoms with van der Waals surface area (Å²) in [6, 6.07) is 22.5. The van der Waals surface area contributed by atoms with Crippen LogP contribution in [0.2, 0.25) is 0 Å². The number of pyridine rings is 1. The van der Waals surface area contributed by atoms with E-state index < -0.39 is 0 Å². The molecule has 0 spiro atoms. The molecule has 0 fully saturated rings. The summed E-state index contributed by atoms with van der Waals surface area (Å²) in [5, 5.41) is 9.44. The Morgan fingerprint density at radius 1 is 1.00 bits per heavy atom. The topological polar surface area (TPSA) is 83.9 Å². The highest BCUT2D eigenvalue weighted by molar-refractivity contribution is 6.01. The number of benzene rings is 1. The number of nitrogens with one attached hydrogen (secondary N) is 1. The highest BCUT2D eigenvalue weighted by atomic mass is 16.3. The second-order valence-electron chi connectivity index (χ2n) is 7.48. The van der Waals surface area contributed by atoms with Crippen molar-refractivity contribution in [3.63, 3.8) is 0 Å². The number of amides is 1. The Balaban J connectivity index is 1.38. The summed E-state index contributed by atoms with van der Waals surface area (Å²) in [5.74, 6) is 1.18. The first-order valence-electron chi connectivity index (χ1n) is 10.5. The average molecular weight is 426 g/mol. The third-order valence-corrected chi connectivity index (χ3v) is 5.42. The van der Waals surface area contributed by atoms with E-state index in [1.165, 1.54) is 5.01 Å². The van der Waals surface area contributed by atoms with Gasteiger partial charge in [0.25, 0.3) is 5.91 Å². The molecule has 0 saturated carbocycles. The van der Waals surface area contributed by atoms with Crippen molar-refractivity contribution in [2.45, 2.75) is 18.5 Å². The molecule has 7 nitrogen and oxygen atoms in total. The number of hydrogen-bond donors (Lipinski definition) is 1. The molecule has 0 bridgehead atoms. The Labute approximate surface area is 185 Å². The van der Waals surface area contributed by atoms with Gasteiger partial charge in [0.2, 0.25) is 0 Å². The Kier molecular flexibility index (Phi) is 5.63. The van der Waals surface area contributed by atoms with Crippen LogP contribution in [0.25, 0.3) is 0 Å². The van der Waals surface area contributed by atoms with Gasteiger partial charge >= 0.3 is 0 Å². The van der Waals surface area contributed by atoms with Gasteiger partial charge in [-0.15, -0.1) is 0 Å². The maximum Gasteiger partial charge on any atom is 0.257 e. The van der Waals surface area contributed by atoms with Crippen LogP contribution in [0, 0.1) is 0 Å². The van der Waals surface area contributed by atoms with E-state index >= 15 is 0 Å². The minimum absolute atomic E-state index is 0.0856. The second kappa shape index (κ2) is 9.03. The van der Waals surface area contributed by atoms with Crippen LogP contribution in [-0.2, 0) is 4.79 Å². The van der Waals surface area contributed by atoms with E-state index in [1.54, 1.807) is 18.7 Å². The van der Waals surface area contributed by atoms with Gasteiger partial charge in [0.1, 0.15) is 23.3 Å². The van der Waals surface area contributed by atoms with E-state index in [0.29, 0.717) is 23.7 Å². The van der Waals surface area contributed by atoms with Gasteiger partial charge < -0.3 is 8.83 Å². The lowest BCUT2D eigenvalue weighted by Crippen LogP contribution is -2.37. The molecule has 0 radical (unpaired) electrons. The molecule has 160 valence electrons. The van der Waals surface area contributed by atoms with Crippen LogP contribution in [0.3, 0.4) is 0 Å². The van der Waals surface area contributed by atoms with Crippen LogP contribution >= 0.6 is 0 Å². The van der Waals surface area contributed by atoms with Crippen molar-refractivity contribution in [1.82, 2.24) is 15.3 Å². The molecule has 4 heterocycles. The largest absolute Gasteiger partial charge is 0.467 e. The summed E-state index contributed by atoms with van der Waals surface area (Å²) in [6.07, 6.45) is 5.48. The second-order valence-corrected chi connectivity index (χ2v) is 7.48. The first kappa shape index (κ1) is 20.0. The maximum atomic E-state index is 13.3. The molecular formula is C25H22N4O3. The van der Waals surface area contributed by atoms with E-state index in [1.807, 2.05) is 72.8 Å². The molecule has 3 aromatic heterocycles. The molecular weight excluding hydrogens is 404 g/mol.